The van der Waals surface area contributed by atoms with Crippen molar-refractivity contribution >= 4 is 96.7 Å². The van der Waals surface area contributed by atoms with Gasteiger partial charge in [0.1, 0.15) is 5.01 Å². The Morgan fingerprint density at radius 1 is 0.317 bits per heavy atom. The van der Waals surface area contributed by atoms with E-state index in [0.717, 1.165) is 33.0 Å². The first-order chi connectivity index (χ1) is 29.8. The highest BCUT2D eigenvalue weighted by Crippen LogP contribution is 2.46. The van der Waals surface area contributed by atoms with Gasteiger partial charge in [0.05, 0.1) is 32.3 Å². The first-order valence-electron chi connectivity index (χ1n) is 20.3. The van der Waals surface area contributed by atoms with Crippen LogP contribution in [0.4, 0.5) is 0 Å². The van der Waals surface area contributed by atoms with Crippen LogP contribution in [0.1, 0.15) is 0 Å². The van der Waals surface area contributed by atoms with Gasteiger partial charge in [-0.25, -0.2) is 4.98 Å². The average Bonchev–Trinajstić information content (AvgIpc) is 4.09. The zero-order chi connectivity index (χ0) is 39.3. The first-order valence-corrected chi connectivity index (χ1v) is 21.9. The van der Waals surface area contributed by atoms with Crippen molar-refractivity contribution in [3.8, 4) is 44.2 Å². The fourth-order valence-corrected chi connectivity index (χ4v) is 11.9. The number of rotatable bonds is 5. The maximum atomic E-state index is 5.56. The van der Waals surface area contributed by atoms with Gasteiger partial charge in [-0.05, 0) is 65.7 Å². The molecular weight excluding hydrogens is 767 g/mol. The number of benzene rings is 9. The van der Waals surface area contributed by atoms with Gasteiger partial charge in [-0.1, -0.05) is 146 Å². The van der Waals surface area contributed by atoms with E-state index in [2.05, 4.69) is 209 Å². The summed E-state index contributed by atoms with van der Waals surface area (Å²) in [5, 5.41) is 8.69. The van der Waals surface area contributed by atoms with E-state index >= 15 is 0 Å². The molecule has 0 atom stereocenters. The van der Waals surface area contributed by atoms with Gasteiger partial charge in [0, 0.05) is 69.8 Å². The fraction of sp³-hybridized carbons (Fsp3) is 0. The molecule has 0 radical (unpaired) electrons. The first kappa shape index (κ1) is 33.6. The standard InChI is InChI=1S/C55H33N3S2/c1-6-19-47-40(12-1)41-13-2-7-20-48(41)57(47)36-28-24-34(25-29-36)38-32-33-39(35-26-30-37(31-27-35)58-49-21-8-3-14-42(49)43-15-4-9-22-50(43)58)54-52(38)56-55(60-54)46-18-11-17-45-44-16-5-10-23-51(44)59-53(45)46/h1-33H. The molecule has 0 saturated heterocycles. The molecule has 3 nitrogen and oxygen atoms in total. The van der Waals surface area contributed by atoms with Gasteiger partial charge in [-0.3, -0.25) is 0 Å². The van der Waals surface area contributed by atoms with E-state index in [1.165, 1.54) is 85.2 Å². The van der Waals surface area contributed by atoms with Crippen LogP contribution in [0.25, 0.3) is 118 Å². The Labute approximate surface area is 353 Å². The van der Waals surface area contributed by atoms with Crippen molar-refractivity contribution in [3.05, 3.63) is 200 Å². The monoisotopic (exact) mass is 799 g/mol. The quantitative estimate of drug-likeness (QED) is 0.170. The summed E-state index contributed by atoms with van der Waals surface area (Å²) < 4.78 is 8.53. The average molecular weight is 800 g/mol. The lowest BCUT2D eigenvalue weighted by molar-refractivity contribution is 1.18. The molecule has 0 saturated carbocycles. The fourth-order valence-electron chi connectivity index (χ4n) is 9.48. The zero-order valence-corrected chi connectivity index (χ0v) is 33.8. The predicted octanol–water partition coefficient (Wildman–Crippen LogP) is 15.9. The molecule has 13 rings (SSSR count). The number of thiophene rings is 1. The van der Waals surface area contributed by atoms with Gasteiger partial charge < -0.3 is 9.13 Å². The second-order valence-electron chi connectivity index (χ2n) is 15.5. The van der Waals surface area contributed by atoms with Gasteiger partial charge in [0.25, 0.3) is 0 Å². The van der Waals surface area contributed by atoms with E-state index in [0.29, 0.717) is 0 Å². The van der Waals surface area contributed by atoms with E-state index in [1.54, 1.807) is 11.3 Å². The van der Waals surface area contributed by atoms with Crippen LogP contribution >= 0.6 is 22.7 Å². The van der Waals surface area contributed by atoms with Crippen LogP contribution < -0.4 is 0 Å². The third kappa shape index (κ3) is 4.97. The summed E-state index contributed by atoms with van der Waals surface area (Å²) in [7, 11) is 0. The highest BCUT2D eigenvalue weighted by atomic mass is 32.1. The second kappa shape index (κ2) is 13.1. The molecule has 60 heavy (non-hydrogen) atoms. The Kier molecular flexibility index (Phi) is 7.35. The molecule has 0 unspecified atom stereocenters. The molecular formula is C55H33N3S2. The minimum Gasteiger partial charge on any atom is -0.309 e. The number of fused-ring (bicyclic) bond motifs is 10. The molecule has 0 aliphatic rings. The normalized spacial score (nSPS) is 12.0. The Morgan fingerprint density at radius 2 is 0.767 bits per heavy atom. The summed E-state index contributed by atoms with van der Waals surface area (Å²) in [6, 6.07) is 72.9. The van der Waals surface area contributed by atoms with Crippen LogP contribution in [0.2, 0.25) is 0 Å². The molecule has 13 aromatic rings. The zero-order valence-electron chi connectivity index (χ0n) is 32.2. The molecule has 4 heterocycles. The molecule has 0 fully saturated rings. The summed E-state index contributed by atoms with van der Waals surface area (Å²) in [5.74, 6) is 0. The van der Waals surface area contributed by atoms with E-state index in [1.807, 2.05) is 11.3 Å². The largest absolute Gasteiger partial charge is 0.309 e. The third-order valence-corrected chi connectivity index (χ3v) is 14.6. The molecule has 0 aliphatic carbocycles. The molecule has 0 spiro atoms. The van der Waals surface area contributed by atoms with Crippen molar-refractivity contribution < 1.29 is 0 Å². The summed E-state index contributed by atoms with van der Waals surface area (Å²) in [6.45, 7) is 0. The van der Waals surface area contributed by atoms with Crippen molar-refractivity contribution in [2.45, 2.75) is 0 Å². The summed E-state index contributed by atoms with van der Waals surface area (Å²) in [5.41, 5.74) is 14.0. The second-order valence-corrected chi connectivity index (χ2v) is 17.5. The summed E-state index contributed by atoms with van der Waals surface area (Å²) >= 11 is 3.66. The topological polar surface area (TPSA) is 22.8 Å². The lowest BCUT2D eigenvalue weighted by Crippen LogP contribution is -1.94. The Morgan fingerprint density at radius 3 is 1.32 bits per heavy atom. The molecule has 280 valence electrons. The van der Waals surface area contributed by atoms with Crippen LogP contribution in [0.5, 0.6) is 0 Å². The lowest BCUT2D eigenvalue weighted by Gasteiger charge is -2.12. The van der Waals surface area contributed by atoms with E-state index in [-0.39, 0.29) is 0 Å². The van der Waals surface area contributed by atoms with Crippen molar-refractivity contribution in [2.75, 3.05) is 0 Å². The minimum absolute atomic E-state index is 1.03. The number of nitrogens with zero attached hydrogens (tertiary/aromatic N) is 3. The van der Waals surface area contributed by atoms with Gasteiger partial charge in [-0.15, -0.1) is 22.7 Å². The van der Waals surface area contributed by atoms with Crippen molar-refractivity contribution in [3.63, 3.8) is 0 Å². The number of hydrogen-bond donors (Lipinski definition) is 0. The highest BCUT2D eigenvalue weighted by molar-refractivity contribution is 7.27. The number of hydrogen-bond acceptors (Lipinski definition) is 3. The minimum atomic E-state index is 1.03. The molecule has 0 bridgehead atoms. The lowest BCUT2D eigenvalue weighted by atomic mass is 9.98. The van der Waals surface area contributed by atoms with Crippen LogP contribution in [-0.2, 0) is 0 Å². The van der Waals surface area contributed by atoms with Gasteiger partial charge in [0.15, 0.2) is 0 Å². The van der Waals surface area contributed by atoms with E-state index < -0.39 is 0 Å². The maximum absolute atomic E-state index is 5.56. The van der Waals surface area contributed by atoms with Crippen molar-refractivity contribution in [1.82, 2.24) is 14.1 Å². The summed E-state index contributed by atoms with van der Waals surface area (Å²) in [6.07, 6.45) is 0. The van der Waals surface area contributed by atoms with E-state index in [4.69, 9.17) is 4.98 Å². The molecule has 4 aromatic heterocycles. The highest BCUT2D eigenvalue weighted by Gasteiger charge is 2.20. The van der Waals surface area contributed by atoms with E-state index in [9.17, 15) is 0 Å². The van der Waals surface area contributed by atoms with Crippen LogP contribution in [0.15, 0.2) is 200 Å². The van der Waals surface area contributed by atoms with Crippen LogP contribution in [-0.4, -0.2) is 14.1 Å². The van der Waals surface area contributed by atoms with Crippen LogP contribution in [0, 0.1) is 0 Å². The SMILES string of the molecule is c1ccc2c(c1)sc1c(-c3nc4c(-c5ccc(-n6c7ccccc7c7ccccc76)cc5)ccc(-c5ccc(-n6c7ccccc7c7ccccc76)cc5)c4s3)cccc12. The number of thiazole rings is 1. The number of para-hydroxylation sites is 4. The maximum Gasteiger partial charge on any atom is 0.126 e. The van der Waals surface area contributed by atoms with Crippen molar-refractivity contribution in [2.24, 2.45) is 0 Å². The molecule has 0 amide bonds. The molecule has 5 heteroatoms. The molecule has 0 N–H and O–H groups in total. The Balaban J connectivity index is 0.976. The van der Waals surface area contributed by atoms with Crippen LogP contribution in [0.3, 0.4) is 0 Å². The van der Waals surface area contributed by atoms with Gasteiger partial charge in [0.2, 0.25) is 0 Å². The Hall–Kier alpha value is -7.31. The van der Waals surface area contributed by atoms with Gasteiger partial charge in [-0.2, -0.15) is 0 Å². The molecule has 0 aliphatic heterocycles. The van der Waals surface area contributed by atoms with Gasteiger partial charge >= 0.3 is 0 Å². The Bertz CT molecular complexity index is 3520. The third-order valence-electron chi connectivity index (χ3n) is 12.2. The molecule has 9 aromatic carbocycles. The predicted molar refractivity (Wildman–Crippen MR) is 257 cm³/mol. The number of aromatic nitrogens is 3. The van der Waals surface area contributed by atoms with Crippen molar-refractivity contribution in [1.29, 1.82) is 0 Å². The summed E-state index contributed by atoms with van der Waals surface area (Å²) in [4.78, 5) is 5.56. The smallest absolute Gasteiger partial charge is 0.126 e.